The maximum absolute atomic E-state index is 6.16. The summed E-state index contributed by atoms with van der Waals surface area (Å²) in [6, 6.07) is 13.6. The molecule has 3 nitrogen and oxygen atoms in total. The molecule has 2 aromatic carbocycles. The van der Waals surface area contributed by atoms with Crippen LogP contribution < -0.4 is 0 Å². The van der Waals surface area contributed by atoms with Crippen LogP contribution in [0.25, 0.3) is 16.7 Å². The Morgan fingerprint density at radius 2 is 1.65 bits per heavy atom. The Morgan fingerprint density at radius 3 is 2.29 bits per heavy atom. The van der Waals surface area contributed by atoms with E-state index in [-0.39, 0.29) is 0 Å². The molecule has 0 atom stereocenters. The summed E-state index contributed by atoms with van der Waals surface area (Å²) in [6.45, 7) is 2.02. The highest BCUT2D eigenvalue weighted by Gasteiger charge is 2.07. The molecule has 0 unspecified atom stereocenters. The number of aryl methyl sites for hydroxylation is 1. The number of hydrogen-bond acceptors (Lipinski definition) is 2. The fraction of sp³-hybridized carbons (Fsp3) is 0.0769. The topological polar surface area (TPSA) is 30.7 Å². The van der Waals surface area contributed by atoms with Gasteiger partial charge in [-0.05, 0) is 36.8 Å². The van der Waals surface area contributed by atoms with Crippen molar-refractivity contribution in [3.63, 3.8) is 0 Å². The first-order chi connectivity index (χ1) is 8.24. The van der Waals surface area contributed by atoms with E-state index in [1.165, 1.54) is 0 Å². The van der Waals surface area contributed by atoms with E-state index >= 15 is 0 Å². The summed E-state index contributed by atoms with van der Waals surface area (Å²) in [7, 11) is 0. The number of fused-ring (bicyclic) bond motifs is 1. The van der Waals surface area contributed by atoms with Gasteiger partial charge in [-0.15, -0.1) is 15.0 Å². The quantitative estimate of drug-likeness (QED) is 0.656. The average Bonchev–Trinajstić information content (AvgIpc) is 2.75. The maximum Gasteiger partial charge on any atom is 0.113 e. The SMILES string of the molecule is Cc1ccc(Cl)c(-n2nc3ccccc3n2)c1. The molecule has 3 rings (SSSR count). The molecule has 0 aliphatic rings. The molecule has 0 bridgehead atoms. The lowest BCUT2D eigenvalue weighted by molar-refractivity contribution is 0.765. The van der Waals surface area contributed by atoms with Crippen LogP contribution in [-0.2, 0) is 0 Å². The monoisotopic (exact) mass is 243 g/mol. The van der Waals surface area contributed by atoms with Gasteiger partial charge in [-0.1, -0.05) is 29.8 Å². The predicted molar refractivity (Wildman–Crippen MR) is 68.6 cm³/mol. The van der Waals surface area contributed by atoms with Crippen LogP contribution in [0.15, 0.2) is 42.5 Å². The van der Waals surface area contributed by atoms with E-state index < -0.39 is 0 Å². The van der Waals surface area contributed by atoms with Gasteiger partial charge in [-0.3, -0.25) is 0 Å². The second kappa shape index (κ2) is 3.86. The number of benzene rings is 2. The van der Waals surface area contributed by atoms with Crippen LogP contribution in [0.1, 0.15) is 5.56 Å². The first-order valence-corrected chi connectivity index (χ1v) is 5.70. The molecule has 17 heavy (non-hydrogen) atoms. The summed E-state index contributed by atoms with van der Waals surface area (Å²) in [5, 5.41) is 9.46. The normalized spacial score (nSPS) is 10.9. The number of aromatic nitrogens is 3. The zero-order valence-corrected chi connectivity index (χ0v) is 10.0. The summed E-state index contributed by atoms with van der Waals surface area (Å²) >= 11 is 6.16. The molecule has 0 amide bonds. The van der Waals surface area contributed by atoms with E-state index in [9.17, 15) is 0 Å². The molecule has 0 radical (unpaired) electrons. The van der Waals surface area contributed by atoms with Crippen molar-refractivity contribution >= 4 is 22.6 Å². The molecule has 0 aliphatic carbocycles. The second-order valence-electron chi connectivity index (χ2n) is 3.93. The molecule has 1 heterocycles. The number of hydrogen-bond donors (Lipinski definition) is 0. The Bertz CT molecular complexity index is 655. The fourth-order valence-corrected chi connectivity index (χ4v) is 1.94. The van der Waals surface area contributed by atoms with Gasteiger partial charge < -0.3 is 0 Å². The Hall–Kier alpha value is -1.87. The highest BCUT2D eigenvalue weighted by molar-refractivity contribution is 6.32. The minimum absolute atomic E-state index is 0.649. The summed E-state index contributed by atoms with van der Waals surface area (Å²) in [5.74, 6) is 0. The Balaban J connectivity index is 2.23. The van der Waals surface area contributed by atoms with Crippen LogP contribution in [0.4, 0.5) is 0 Å². The molecule has 0 aliphatic heterocycles. The number of rotatable bonds is 1. The van der Waals surface area contributed by atoms with Crippen molar-refractivity contribution in [2.75, 3.05) is 0 Å². The Labute approximate surface area is 104 Å². The van der Waals surface area contributed by atoms with E-state index in [0.29, 0.717) is 5.02 Å². The van der Waals surface area contributed by atoms with Crippen LogP contribution in [-0.4, -0.2) is 15.0 Å². The third-order valence-corrected chi connectivity index (χ3v) is 2.92. The van der Waals surface area contributed by atoms with Crippen LogP contribution >= 0.6 is 11.6 Å². The highest BCUT2D eigenvalue weighted by atomic mass is 35.5. The van der Waals surface area contributed by atoms with Gasteiger partial charge in [-0.2, -0.15) is 0 Å². The van der Waals surface area contributed by atoms with Gasteiger partial charge in [0, 0.05) is 0 Å². The molecule has 3 aromatic rings. The van der Waals surface area contributed by atoms with Crippen molar-refractivity contribution < 1.29 is 0 Å². The zero-order chi connectivity index (χ0) is 11.8. The maximum atomic E-state index is 6.16. The Kier molecular flexibility index (Phi) is 2.34. The first kappa shape index (κ1) is 10.3. The van der Waals surface area contributed by atoms with Crippen molar-refractivity contribution in [1.29, 1.82) is 0 Å². The van der Waals surface area contributed by atoms with E-state index in [1.807, 2.05) is 49.4 Å². The van der Waals surface area contributed by atoms with Crippen molar-refractivity contribution in [2.24, 2.45) is 0 Å². The Morgan fingerprint density at radius 1 is 1.00 bits per heavy atom. The van der Waals surface area contributed by atoms with E-state index in [2.05, 4.69) is 10.2 Å². The smallest absolute Gasteiger partial charge is 0.113 e. The average molecular weight is 244 g/mol. The lowest BCUT2D eigenvalue weighted by Gasteiger charge is -2.03. The summed E-state index contributed by atoms with van der Waals surface area (Å²) in [6.07, 6.45) is 0. The van der Waals surface area contributed by atoms with Gasteiger partial charge >= 0.3 is 0 Å². The molecular weight excluding hydrogens is 234 g/mol. The van der Waals surface area contributed by atoms with Gasteiger partial charge in [0.1, 0.15) is 16.7 Å². The lowest BCUT2D eigenvalue weighted by Crippen LogP contribution is -1.99. The van der Waals surface area contributed by atoms with Gasteiger partial charge in [0.25, 0.3) is 0 Å². The van der Waals surface area contributed by atoms with Crippen LogP contribution in [0.5, 0.6) is 0 Å². The first-order valence-electron chi connectivity index (χ1n) is 5.33. The predicted octanol–water partition coefficient (Wildman–Crippen LogP) is 3.38. The molecule has 1 aromatic heterocycles. The number of nitrogens with zero attached hydrogens (tertiary/aromatic N) is 3. The minimum atomic E-state index is 0.649. The summed E-state index contributed by atoms with van der Waals surface area (Å²) < 4.78 is 0. The van der Waals surface area contributed by atoms with Crippen LogP contribution in [0.2, 0.25) is 5.02 Å². The van der Waals surface area contributed by atoms with Gasteiger partial charge in [0.2, 0.25) is 0 Å². The van der Waals surface area contributed by atoms with E-state index in [4.69, 9.17) is 11.6 Å². The summed E-state index contributed by atoms with van der Waals surface area (Å²) in [4.78, 5) is 1.58. The fourth-order valence-electron chi connectivity index (χ4n) is 1.74. The third kappa shape index (κ3) is 1.78. The standard InChI is InChI=1S/C13H10ClN3/c1-9-6-7-10(14)13(8-9)17-15-11-4-2-3-5-12(11)16-17/h2-8H,1H3. The molecule has 0 spiro atoms. The van der Waals surface area contributed by atoms with Crippen molar-refractivity contribution in [1.82, 2.24) is 15.0 Å². The second-order valence-corrected chi connectivity index (χ2v) is 4.34. The van der Waals surface area contributed by atoms with E-state index in [1.54, 1.807) is 4.80 Å². The van der Waals surface area contributed by atoms with Crippen molar-refractivity contribution in [3.8, 4) is 5.69 Å². The largest absolute Gasteiger partial charge is 0.149 e. The van der Waals surface area contributed by atoms with Gasteiger partial charge in [-0.25, -0.2) is 0 Å². The van der Waals surface area contributed by atoms with Gasteiger partial charge in [0.05, 0.1) is 5.02 Å². The molecule has 0 saturated heterocycles. The lowest BCUT2D eigenvalue weighted by atomic mass is 10.2. The molecule has 0 fully saturated rings. The molecule has 0 N–H and O–H groups in total. The molecule has 0 saturated carbocycles. The van der Waals surface area contributed by atoms with Crippen molar-refractivity contribution in [2.45, 2.75) is 6.92 Å². The highest BCUT2D eigenvalue weighted by Crippen LogP contribution is 2.21. The van der Waals surface area contributed by atoms with E-state index in [0.717, 1.165) is 22.3 Å². The number of halogens is 1. The molecular formula is C13H10ClN3. The minimum Gasteiger partial charge on any atom is -0.149 e. The molecule has 84 valence electrons. The molecule has 4 heteroatoms. The van der Waals surface area contributed by atoms with Crippen LogP contribution in [0, 0.1) is 6.92 Å². The van der Waals surface area contributed by atoms with Crippen LogP contribution in [0.3, 0.4) is 0 Å². The third-order valence-electron chi connectivity index (χ3n) is 2.60. The zero-order valence-electron chi connectivity index (χ0n) is 9.26. The van der Waals surface area contributed by atoms with Crippen molar-refractivity contribution in [3.05, 3.63) is 53.1 Å². The van der Waals surface area contributed by atoms with Gasteiger partial charge in [0.15, 0.2) is 0 Å². The summed E-state index contributed by atoms with van der Waals surface area (Å²) in [5.41, 5.74) is 3.67.